The van der Waals surface area contributed by atoms with E-state index in [1.165, 1.54) is 10.8 Å². The van der Waals surface area contributed by atoms with E-state index >= 15 is 0 Å². The van der Waals surface area contributed by atoms with Crippen LogP contribution in [0.5, 0.6) is 0 Å². The lowest BCUT2D eigenvalue weighted by molar-refractivity contribution is 1.11. The summed E-state index contributed by atoms with van der Waals surface area (Å²) in [5.41, 5.74) is 3.57. The summed E-state index contributed by atoms with van der Waals surface area (Å²) in [5, 5.41) is 14.0. The number of aromatic nitrogens is 4. The van der Waals surface area contributed by atoms with Gasteiger partial charge >= 0.3 is 0 Å². The molecule has 5 aromatic rings. The first-order valence-electron chi connectivity index (χ1n) is 7.73. The van der Waals surface area contributed by atoms with E-state index in [1.807, 2.05) is 46.9 Å². The number of nitrogens with one attached hydrogen (secondary N) is 1. The molecule has 114 valence electrons. The highest BCUT2D eigenvalue weighted by molar-refractivity contribution is 5.88. The molecule has 0 saturated heterocycles. The fraction of sp³-hybridized carbons (Fsp3) is 0. The van der Waals surface area contributed by atoms with E-state index in [0.717, 1.165) is 16.7 Å². The van der Waals surface area contributed by atoms with Crippen LogP contribution in [0.4, 0.5) is 11.5 Å². The summed E-state index contributed by atoms with van der Waals surface area (Å²) in [6.07, 6.45) is 1.71. The molecule has 1 N–H and O–H groups in total. The zero-order chi connectivity index (χ0) is 15.9. The molecule has 2 aromatic heterocycles. The van der Waals surface area contributed by atoms with Crippen molar-refractivity contribution < 1.29 is 0 Å². The fourth-order valence-corrected chi connectivity index (χ4v) is 2.99. The van der Waals surface area contributed by atoms with Gasteiger partial charge in [-0.2, -0.15) is 0 Å². The molecule has 24 heavy (non-hydrogen) atoms. The van der Waals surface area contributed by atoms with Crippen LogP contribution in [0.15, 0.2) is 73.1 Å². The van der Waals surface area contributed by atoms with Crippen molar-refractivity contribution in [3.8, 4) is 0 Å². The second-order valence-electron chi connectivity index (χ2n) is 5.66. The Hall–Kier alpha value is -3.47. The van der Waals surface area contributed by atoms with E-state index in [2.05, 4.69) is 39.8 Å². The number of hydrogen-bond acceptors (Lipinski definition) is 4. The molecule has 3 aromatic carbocycles. The minimum atomic E-state index is 0.696. The molecule has 0 aliphatic carbocycles. The normalized spacial score (nSPS) is 11.3. The lowest BCUT2D eigenvalue weighted by Gasteiger charge is -2.09. The third-order valence-corrected chi connectivity index (χ3v) is 4.15. The molecule has 5 rings (SSSR count). The Labute approximate surface area is 137 Å². The maximum absolute atomic E-state index is 4.72. The van der Waals surface area contributed by atoms with Gasteiger partial charge in [-0.25, -0.2) is 4.98 Å². The summed E-state index contributed by atoms with van der Waals surface area (Å²) in [4.78, 5) is 4.72. The smallest absolute Gasteiger partial charge is 0.204 e. The molecule has 0 bridgehead atoms. The first-order valence-corrected chi connectivity index (χ1v) is 7.73. The van der Waals surface area contributed by atoms with E-state index in [1.54, 1.807) is 6.33 Å². The van der Waals surface area contributed by atoms with Crippen LogP contribution in [0.25, 0.3) is 27.5 Å². The average molecular weight is 311 g/mol. The molecule has 0 saturated carbocycles. The Morgan fingerprint density at radius 1 is 0.833 bits per heavy atom. The van der Waals surface area contributed by atoms with Crippen molar-refractivity contribution in [2.75, 3.05) is 5.32 Å². The van der Waals surface area contributed by atoms with Crippen LogP contribution in [0, 0.1) is 0 Å². The number of fused-ring (bicyclic) bond motifs is 4. The number of nitrogens with zero attached hydrogens (tertiary/aromatic N) is 4. The quantitative estimate of drug-likeness (QED) is 0.531. The maximum Gasteiger partial charge on any atom is 0.204 e. The van der Waals surface area contributed by atoms with E-state index in [0.29, 0.717) is 11.5 Å². The Kier molecular flexibility index (Phi) is 2.72. The van der Waals surface area contributed by atoms with Crippen LogP contribution < -0.4 is 5.32 Å². The molecule has 0 radical (unpaired) electrons. The van der Waals surface area contributed by atoms with Crippen molar-refractivity contribution in [3.63, 3.8) is 0 Å². The van der Waals surface area contributed by atoms with Crippen LogP contribution in [0.2, 0.25) is 0 Å². The molecule has 0 spiro atoms. The molecular weight excluding hydrogens is 298 g/mol. The van der Waals surface area contributed by atoms with Crippen LogP contribution >= 0.6 is 0 Å². The van der Waals surface area contributed by atoms with E-state index in [4.69, 9.17) is 4.98 Å². The summed E-state index contributed by atoms with van der Waals surface area (Å²) < 4.78 is 1.95. The lowest BCUT2D eigenvalue weighted by atomic mass is 10.1. The SMILES string of the molecule is c1ccc2cc(Nc3nc4ccccc4n4cnnc34)ccc2c1. The molecular formula is C19H13N5. The summed E-state index contributed by atoms with van der Waals surface area (Å²) in [5.74, 6) is 0.696. The summed E-state index contributed by atoms with van der Waals surface area (Å²) >= 11 is 0. The minimum Gasteiger partial charge on any atom is -0.337 e. The fourth-order valence-electron chi connectivity index (χ4n) is 2.99. The number of anilines is 2. The third kappa shape index (κ3) is 1.99. The van der Waals surface area contributed by atoms with Crippen molar-refractivity contribution in [2.24, 2.45) is 0 Å². The standard InChI is InChI=1S/C19H13N5/c1-2-6-14-11-15(10-9-13(14)5-1)21-18-19-23-20-12-24(19)17-8-4-3-7-16(17)22-18/h1-12H,(H,21,22). The van der Waals surface area contributed by atoms with Gasteiger partial charge in [0.05, 0.1) is 11.0 Å². The second-order valence-corrected chi connectivity index (χ2v) is 5.66. The van der Waals surface area contributed by atoms with Gasteiger partial charge < -0.3 is 5.32 Å². The summed E-state index contributed by atoms with van der Waals surface area (Å²) in [6.45, 7) is 0. The first kappa shape index (κ1) is 13.0. The van der Waals surface area contributed by atoms with Gasteiger partial charge in [-0.1, -0.05) is 42.5 Å². The van der Waals surface area contributed by atoms with Crippen LogP contribution in [-0.4, -0.2) is 19.6 Å². The molecule has 5 heteroatoms. The molecule has 2 heterocycles. The van der Waals surface area contributed by atoms with Gasteiger partial charge in [0, 0.05) is 5.69 Å². The van der Waals surface area contributed by atoms with Crippen molar-refractivity contribution in [3.05, 3.63) is 73.1 Å². The molecule has 0 atom stereocenters. The van der Waals surface area contributed by atoms with Crippen molar-refractivity contribution in [1.82, 2.24) is 19.6 Å². The van der Waals surface area contributed by atoms with E-state index < -0.39 is 0 Å². The monoisotopic (exact) mass is 311 g/mol. The van der Waals surface area contributed by atoms with Gasteiger partial charge in [0.2, 0.25) is 5.65 Å². The Morgan fingerprint density at radius 2 is 1.67 bits per heavy atom. The van der Waals surface area contributed by atoms with Gasteiger partial charge in [0.15, 0.2) is 5.82 Å². The maximum atomic E-state index is 4.72. The number of benzene rings is 3. The number of para-hydroxylation sites is 2. The average Bonchev–Trinajstić information content (AvgIpc) is 3.12. The van der Waals surface area contributed by atoms with Crippen LogP contribution in [0.1, 0.15) is 0 Å². The third-order valence-electron chi connectivity index (χ3n) is 4.15. The summed E-state index contributed by atoms with van der Waals surface area (Å²) in [7, 11) is 0. The second kappa shape index (κ2) is 5.03. The van der Waals surface area contributed by atoms with Crippen molar-refractivity contribution >= 4 is 39.0 Å². The predicted octanol–water partition coefficient (Wildman–Crippen LogP) is 4.17. The van der Waals surface area contributed by atoms with E-state index in [-0.39, 0.29) is 0 Å². The van der Waals surface area contributed by atoms with Crippen LogP contribution in [0.3, 0.4) is 0 Å². The Balaban J connectivity index is 1.68. The largest absolute Gasteiger partial charge is 0.337 e. The highest BCUT2D eigenvalue weighted by atomic mass is 15.3. The van der Waals surface area contributed by atoms with Crippen molar-refractivity contribution in [2.45, 2.75) is 0 Å². The molecule has 0 aliphatic rings. The predicted molar refractivity (Wildman–Crippen MR) is 95.5 cm³/mol. The number of hydrogen-bond donors (Lipinski definition) is 1. The van der Waals surface area contributed by atoms with Crippen LogP contribution in [-0.2, 0) is 0 Å². The van der Waals surface area contributed by atoms with Crippen molar-refractivity contribution in [1.29, 1.82) is 0 Å². The van der Waals surface area contributed by atoms with Gasteiger partial charge in [-0.05, 0) is 35.0 Å². The zero-order valence-corrected chi connectivity index (χ0v) is 12.7. The lowest BCUT2D eigenvalue weighted by Crippen LogP contribution is -1.99. The highest BCUT2D eigenvalue weighted by Crippen LogP contribution is 2.25. The molecule has 5 nitrogen and oxygen atoms in total. The van der Waals surface area contributed by atoms with Gasteiger partial charge in [-0.3, -0.25) is 4.40 Å². The Bertz CT molecular complexity index is 1190. The Morgan fingerprint density at radius 3 is 2.62 bits per heavy atom. The molecule has 0 aliphatic heterocycles. The minimum absolute atomic E-state index is 0.696. The number of rotatable bonds is 2. The van der Waals surface area contributed by atoms with Gasteiger partial charge in [0.25, 0.3) is 0 Å². The highest BCUT2D eigenvalue weighted by Gasteiger charge is 2.10. The molecule has 0 amide bonds. The molecule has 0 unspecified atom stereocenters. The topological polar surface area (TPSA) is 55.1 Å². The van der Waals surface area contributed by atoms with Gasteiger partial charge in [-0.15, -0.1) is 10.2 Å². The van der Waals surface area contributed by atoms with E-state index in [9.17, 15) is 0 Å². The van der Waals surface area contributed by atoms with Gasteiger partial charge in [0.1, 0.15) is 6.33 Å². The summed E-state index contributed by atoms with van der Waals surface area (Å²) in [6, 6.07) is 22.5. The molecule has 0 fully saturated rings. The first-order chi connectivity index (χ1) is 11.9. The zero-order valence-electron chi connectivity index (χ0n) is 12.7.